The molecule has 0 aliphatic rings. The van der Waals surface area contributed by atoms with Gasteiger partial charge in [0, 0.05) is 25.7 Å². The Kier molecular flexibility index (Phi) is 61.3. The first kappa shape index (κ1) is 90.1. The molecule has 546 valence electrons. The summed E-state index contributed by atoms with van der Waals surface area (Å²) in [5.74, 6) is 0.814. The van der Waals surface area contributed by atoms with E-state index in [1.54, 1.807) is 0 Å². The molecule has 0 saturated heterocycles. The quantitative estimate of drug-likeness (QED) is 0.0222. The Morgan fingerprint density at radius 3 is 0.674 bits per heavy atom. The van der Waals surface area contributed by atoms with Crippen LogP contribution in [0.5, 0.6) is 0 Å². The van der Waals surface area contributed by atoms with Gasteiger partial charge in [0.2, 0.25) is 0 Å². The summed E-state index contributed by atoms with van der Waals surface area (Å²) in [6, 6.07) is 0. The van der Waals surface area contributed by atoms with Crippen LogP contribution < -0.4 is 0 Å². The first-order valence-electron chi connectivity index (χ1n) is 37.7. The molecule has 0 heterocycles. The molecule has 92 heavy (non-hydrogen) atoms. The molecule has 19 heteroatoms. The fourth-order valence-electron chi connectivity index (χ4n) is 11.0. The zero-order valence-corrected chi connectivity index (χ0v) is 62.0. The Morgan fingerprint density at radius 2 is 0.457 bits per heavy atom. The summed E-state index contributed by atoms with van der Waals surface area (Å²) >= 11 is 0. The lowest BCUT2D eigenvalue weighted by Gasteiger charge is -2.21. The van der Waals surface area contributed by atoms with Gasteiger partial charge in [-0.15, -0.1) is 0 Å². The highest BCUT2D eigenvalue weighted by molar-refractivity contribution is 7.47. The van der Waals surface area contributed by atoms with Gasteiger partial charge in [0.05, 0.1) is 26.4 Å². The van der Waals surface area contributed by atoms with Crippen LogP contribution in [0.15, 0.2) is 0 Å². The van der Waals surface area contributed by atoms with Crippen molar-refractivity contribution in [3.8, 4) is 0 Å². The fraction of sp³-hybridized carbons (Fsp3) is 0.945. The van der Waals surface area contributed by atoms with Gasteiger partial charge in [-0.1, -0.05) is 312 Å². The molecule has 0 saturated carbocycles. The number of unbranched alkanes of at least 4 members (excludes halogenated alkanes) is 36. The van der Waals surface area contributed by atoms with E-state index in [1.807, 2.05) is 0 Å². The molecule has 0 aliphatic heterocycles. The molecule has 0 aromatic rings. The number of aliphatic hydroxyl groups excluding tert-OH is 1. The molecule has 5 atom stereocenters. The van der Waals surface area contributed by atoms with Crippen LogP contribution in [0.4, 0.5) is 0 Å². The van der Waals surface area contributed by atoms with Crippen LogP contribution in [0, 0.1) is 23.7 Å². The number of hydrogen-bond donors (Lipinski definition) is 3. The largest absolute Gasteiger partial charge is 0.472 e. The van der Waals surface area contributed by atoms with Gasteiger partial charge in [-0.05, 0) is 49.4 Å². The van der Waals surface area contributed by atoms with Gasteiger partial charge >= 0.3 is 39.5 Å². The molecule has 0 rings (SSSR count). The van der Waals surface area contributed by atoms with Crippen molar-refractivity contribution in [3.05, 3.63) is 0 Å². The first-order valence-corrected chi connectivity index (χ1v) is 40.7. The Morgan fingerprint density at radius 1 is 0.272 bits per heavy atom. The van der Waals surface area contributed by atoms with E-state index in [1.165, 1.54) is 161 Å². The summed E-state index contributed by atoms with van der Waals surface area (Å²) in [7, 11) is -9.90. The van der Waals surface area contributed by atoms with Gasteiger partial charge in [0.1, 0.15) is 19.3 Å². The predicted molar refractivity (Wildman–Crippen MR) is 372 cm³/mol. The van der Waals surface area contributed by atoms with Crippen LogP contribution >= 0.6 is 15.6 Å². The average Bonchev–Trinajstić information content (AvgIpc) is 2.26. The number of phosphoric acid groups is 2. The van der Waals surface area contributed by atoms with Crippen molar-refractivity contribution in [2.45, 2.75) is 382 Å². The second-order valence-electron chi connectivity index (χ2n) is 28.2. The number of aliphatic hydroxyl groups is 1. The molecule has 0 fully saturated rings. The summed E-state index contributed by atoms with van der Waals surface area (Å²) in [4.78, 5) is 72.5. The van der Waals surface area contributed by atoms with E-state index in [9.17, 15) is 43.2 Å². The maximum atomic E-state index is 13.0. The predicted octanol–water partition coefficient (Wildman–Crippen LogP) is 20.9. The zero-order chi connectivity index (χ0) is 68.2. The van der Waals surface area contributed by atoms with Gasteiger partial charge in [-0.3, -0.25) is 37.3 Å². The van der Waals surface area contributed by atoms with E-state index in [4.69, 9.17) is 37.0 Å². The molecular formula is C73H142O17P2. The Balaban J connectivity index is 5.15. The van der Waals surface area contributed by atoms with Crippen LogP contribution in [0.3, 0.4) is 0 Å². The van der Waals surface area contributed by atoms with E-state index in [-0.39, 0.29) is 25.7 Å². The van der Waals surface area contributed by atoms with Crippen molar-refractivity contribution in [3.63, 3.8) is 0 Å². The molecule has 0 spiro atoms. The number of ether oxygens (including phenoxy) is 4. The zero-order valence-electron chi connectivity index (χ0n) is 60.2. The van der Waals surface area contributed by atoms with Crippen molar-refractivity contribution in [2.24, 2.45) is 23.7 Å². The lowest BCUT2D eigenvalue weighted by molar-refractivity contribution is -0.161. The standard InChI is InChI=1S/C73H142O17P2/c1-63(2)49-41-33-25-19-17-15-13-11-9-10-12-14-16-18-20-29-39-47-55-72(77)89-69(60-84-71(76)54-46-38-32-31-36-44-52-66(7)8)62-88-92(81,82)86-58-67(74)57-85-91(79,80)87-61-68(90-73(78)56-48-40-30-24-22-27-35-43-51-65(5)6)59-83-70(75)53-45-37-28-23-21-26-34-42-50-64(3)4/h63-69,74H,9-62H2,1-8H3,(H,79,80)(H,81,82)/t67?,68-,69-/m1/s1. The molecule has 3 N–H and O–H groups in total. The van der Waals surface area contributed by atoms with E-state index >= 15 is 0 Å². The average molecular weight is 1350 g/mol. The van der Waals surface area contributed by atoms with Crippen LogP contribution in [0.25, 0.3) is 0 Å². The van der Waals surface area contributed by atoms with Gasteiger partial charge in [-0.2, -0.15) is 0 Å². The summed E-state index contributed by atoms with van der Waals surface area (Å²) in [5.41, 5.74) is 0. The normalized spacial score (nSPS) is 14.2. The van der Waals surface area contributed by atoms with E-state index in [0.717, 1.165) is 114 Å². The summed E-state index contributed by atoms with van der Waals surface area (Å²) < 4.78 is 68.3. The van der Waals surface area contributed by atoms with Crippen molar-refractivity contribution in [1.29, 1.82) is 0 Å². The molecule has 0 bridgehead atoms. The molecule has 0 amide bonds. The third-order valence-electron chi connectivity index (χ3n) is 16.8. The van der Waals surface area contributed by atoms with E-state index in [2.05, 4.69) is 55.4 Å². The molecule has 0 aliphatic carbocycles. The second kappa shape index (κ2) is 62.6. The van der Waals surface area contributed by atoms with E-state index in [0.29, 0.717) is 31.6 Å². The second-order valence-corrected chi connectivity index (χ2v) is 31.1. The number of hydrogen-bond acceptors (Lipinski definition) is 15. The monoisotopic (exact) mass is 1350 g/mol. The third kappa shape index (κ3) is 66.7. The minimum Gasteiger partial charge on any atom is -0.462 e. The SMILES string of the molecule is CC(C)CCCCCCCCCCCCCCCCCCCCC(=O)O[C@H](COC(=O)CCCCCCCCC(C)C)COP(=O)(O)OCC(O)COP(=O)(O)OC[C@@H](COC(=O)CCCCCCCCCCC(C)C)OC(=O)CCCCCCCCCCC(C)C. The number of esters is 4. The smallest absolute Gasteiger partial charge is 0.462 e. The maximum Gasteiger partial charge on any atom is 0.472 e. The molecule has 3 unspecified atom stereocenters. The summed E-state index contributed by atoms with van der Waals surface area (Å²) in [5, 5.41) is 10.6. The van der Waals surface area contributed by atoms with Crippen molar-refractivity contribution >= 4 is 39.5 Å². The number of rotatable bonds is 70. The molecule has 17 nitrogen and oxygen atoms in total. The number of carbonyl (C=O) groups excluding carboxylic acids is 4. The first-order chi connectivity index (χ1) is 44.1. The molecule has 0 aromatic heterocycles. The van der Waals surface area contributed by atoms with Crippen LogP contribution in [-0.2, 0) is 65.4 Å². The summed E-state index contributed by atoms with van der Waals surface area (Å²) in [6.45, 7) is 14.0. The van der Waals surface area contributed by atoms with Gasteiger partial charge in [0.25, 0.3) is 0 Å². The van der Waals surface area contributed by atoms with Crippen LogP contribution in [0.1, 0.15) is 364 Å². The van der Waals surface area contributed by atoms with Gasteiger partial charge in [0.15, 0.2) is 12.2 Å². The van der Waals surface area contributed by atoms with Gasteiger partial charge < -0.3 is 33.8 Å². The Hall–Kier alpha value is -1.94. The highest BCUT2D eigenvalue weighted by Crippen LogP contribution is 2.45. The minimum atomic E-state index is -4.95. The lowest BCUT2D eigenvalue weighted by Crippen LogP contribution is -2.30. The number of phosphoric ester groups is 2. The topological polar surface area (TPSA) is 237 Å². The van der Waals surface area contributed by atoms with Crippen LogP contribution in [-0.4, -0.2) is 96.7 Å². The van der Waals surface area contributed by atoms with Gasteiger partial charge in [-0.25, -0.2) is 9.13 Å². The highest BCUT2D eigenvalue weighted by atomic mass is 31.2. The van der Waals surface area contributed by atoms with Crippen molar-refractivity contribution in [2.75, 3.05) is 39.6 Å². The fourth-order valence-corrected chi connectivity index (χ4v) is 12.6. The van der Waals surface area contributed by atoms with Crippen molar-refractivity contribution < 1.29 is 80.2 Å². The Labute approximate surface area is 562 Å². The highest BCUT2D eigenvalue weighted by Gasteiger charge is 2.30. The van der Waals surface area contributed by atoms with Crippen molar-refractivity contribution in [1.82, 2.24) is 0 Å². The molecule has 0 radical (unpaired) electrons. The van der Waals surface area contributed by atoms with E-state index < -0.39 is 97.5 Å². The molecular weight excluding hydrogens is 1210 g/mol. The Bertz CT molecular complexity index is 1820. The van der Waals surface area contributed by atoms with Crippen LogP contribution in [0.2, 0.25) is 0 Å². The minimum absolute atomic E-state index is 0.103. The maximum absolute atomic E-state index is 13.0. The number of carbonyl (C=O) groups is 4. The molecule has 0 aromatic carbocycles. The summed E-state index contributed by atoms with van der Waals surface area (Å²) in [6.07, 6.45) is 46.2. The lowest BCUT2D eigenvalue weighted by atomic mass is 10.0. The third-order valence-corrected chi connectivity index (χ3v) is 18.7.